The maximum Gasteiger partial charge on any atom is 0.375 e. The monoisotopic (exact) mass is 417 g/mol. The maximum atomic E-state index is 12.7. The van der Waals surface area contributed by atoms with Crippen LogP contribution in [0.5, 0.6) is 0 Å². The van der Waals surface area contributed by atoms with Gasteiger partial charge in [0.2, 0.25) is 5.76 Å². The van der Waals surface area contributed by atoms with Crippen molar-refractivity contribution in [2.75, 3.05) is 26.4 Å². The number of carbonyl (C=O) groups excluding carboxylic acids is 3. The number of benzene rings is 1. The number of rotatable bonds is 8. The summed E-state index contributed by atoms with van der Waals surface area (Å²) in [5.74, 6) is -1.56. The Kier molecular flexibility index (Phi) is 7.46. The molecule has 1 aliphatic heterocycles. The van der Waals surface area contributed by atoms with E-state index in [-0.39, 0.29) is 19.0 Å². The van der Waals surface area contributed by atoms with Gasteiger partial charge in [-0.25, -0.2) is 9.59 Å². The minimum absolute atomic E-state index is 0.0260. The highest BCUT2D eigenvalue weighted by Crippen LogP contribution is 2.27. The van der Waals surface area contributed by atoms with Crippen LogP contribution >= 0.6 is 0 Å². The van der Waals surface area contributed by atoms with E-state index < -0.39 is 30.5 Å². The summed E-state index contributed by atoms with van der Waals surface area (Å²) >= 11 is 0. The Balaban J connectivity index is 1.70. The molecule has 1 fully saturated rings. The van der Waals surface area contributed by atoms with Gasteiger partial charge < -0.3 is 23.5 Å². The van der Waals surface area contributed by atoms with Gasteiger partial charge in [-0.3, -0.25) is 4.79 Å². The Morgan fingerprint density at radius 3 is 2.67 bits per heavy atom. The number of ether oxygens (including phenoxy) is 3. The molecule has 8 nitrogen and oxygen atoms in total. The van der Waals surface area contributed by atoms with Gasteiger partial charge in [0.05, 0.1) is 13.2 Å². The molecule has 30 heavy (non-hydrogen) atoms. The van der Waals surface area contributed by atoms with Gasteiger partial charge in [0, 0.05) is 24.1 Å². The Morgan fingerprint density at radius 1 is 1.10 bits per heavy atom. The fourth-order valence-corrected chi connectivity index (χ4v) is 3.60. The van der Waals surface area contributed by atoms with Crippen LogP contribution in [-0.4, -0.2) is 55.2 Å². The molecule has 0 aliphatic carbocycles. The second-order valence-corrected chi connectivity index (χ2v) is 6.97. The number of furan rings is 1. The van der Waals surface area contributed by atoms with Crippen LogP contribution < -0.4 is 0 Å². The minimum Gasteiger partial charge on any atom is -0.464 e. The molecule has 0 spiro atoms. The first-order valence-corrected chi connectivity index (χ1v) is 10.3. The third-order valence-electron chi connectivity index (χ3n) is 5.04. The molecule has 1 aromatic carbocycles. The van der Waals surface area contributed by atoms with Gasteiger partial charge in [-0.15, -0.1) is 0 Å². The molecule has 0 saturated carbocycles. The molecule has 0 unspecified atom stereocenters. The molecule has 8 heteroatoms. The summed E-state index contributed by atoms with van der Waals surface area (Å²) < 4.78 is 21.5. The van der Waals surface area contributed by atoms with Crippen LogP contribution in [0.15, 0.2) is 28.7 Å². The van der Waals surface area contributed by atoms with Gasteiger partial charge in [-0.2, -0.15) is 0 Å². The molecule has 0 N–H and O–H groups in total. The van der Waals surface area contributed by atoms with Crippen LogP contribution in [0.4, 0.5) is 0 Å². The first-order valence-electron chi connectivity index (χ1n) is 10.3. The van der Waals surface area contributed by atoms with Gasteiger partial charge in [0.1, 0.15) is 11.6 Å². The largest absolute Gasteiger partial charge is 0.464 e. The summed E-state index contributed by atoms with van der Waals surface area (Å²) in [5.41, 5.74) is 1.14. The Labute approximate surface area is 175 Å². The first-order chi connectivity index (χ1) is 14.6. The number of amides is 1. The Morgan fingerprint density at radius 2 is 1.90 bits per heavy atom. The normalized spacial score (nSPS) is 16.5. The highest BCUT2D eigenvalue weighted by Gasteiger charge is 2.34. The molecule has 2 aromatic rings. The van der Waals surface area contributed by atoms with Crippen LogP contribution in [0.3, 0.4) is 0 Å². The number of carbonyl (C=O) groups is 3. The number of nitrogens with zero attached hydrogens (tertiary/aromatic N) is 1. The van der Waals surface area contributed by atoms with Gasteiger partial charge in [-0.1, -0.05) is 18.2 Å². The van der Waals surface area contributed by atoms with E-state index in [2.05, 4.69) is 0 Å². The summed E-state index contributed by atoms with van der Waals surface area (Å²) in [4.78, 5) is 38.9. The van der Waals surface area contributed by atoms with Crippen molar-refractivity contribution in [1.82, 2.24) is 4.90 Å². The van der Waals surface area contributed by atoms with Crippen molar-refractivity contribution >= 4 is 28.8 Å². The summed E-state index contributed by atoms with van der Waals surface area (Å²) in [6.45, 7) is 4.47. The standard InChI is InChI=1S/C22H27NO7/c1-3-27-13-16-15-9-5-6-11-18(15)30-20(16)22(26)29-14-19(24)23-12-8-7-10-17(23)21(25)28-4-2/h5-6,9,11,17H,3-4,7-8,10,12-14H2,1-2H3/t17-/m0/s1. The van der Waals surface area contributed by atoms with Crippen LogP contribution in [0, 0.1) is 0 Å². The number of hydrogen-bond donors (Lipinski definition) is 0. The summed E-state index contributed by atoms with van der Waals surface area (Å²) in [6.07, 6.45) is 2.17. The lowest BCUT2D eigenvalue weighted by Gasteiger charge is -2.33. The SMILES string of the molecule is CCOCc1c(C(=O)OCC(=O)N2CCCC[C@H]2C(=O)OCC)oc2ccccc12. The fraction of sp³-hybridized carbons (Fsp3) is 0.500. The summed E-state index contributed by atoms with van der Waals surface area (Å²) in [7, 11) is 0. The molecule has 162 valence electrons. The van der Waals surface area contributed by atoms with E-state index in [1.165, 1.54) is 4.90 Å². The Hall–Kier alpha value is -2.87. The molecule has 1 amide bonds. The highest BCUT2D eigenvalue weighted by atomic mass is 16.6. The maximum absolute atomic E-state index is 12.7. The number of piperidine rings is 1. The zero-order valence-corrected chi connectivity index (χ0v) is 17.3. The predicted molar refractivity (Wildman–Crippen MR) is 108 cm³/mol. The van der Waals surface area contributed by atoms with Crippen LogP contribution in [-0.2, 0) is 30.4 Å². The lowest BCUT2D eigenvalue weighted by molar-refractivity contribution is -0.157. The van der Waals surface area contributed by atoms with Gasteiger partial charge in [-0.05, 0) is 39.2 Å². The number of esters is 2. The Bertz CT molecular complexity index is 904. The second-order valence-electron chi connectivity index (χ2n) is 6.97. The number of likely N-dealkylation sites (tertiary alicyclic amines) is 1. The molecular formula is C22H27NO7. The number of para-hydroxylation sites is 1. The minimum atomic E-state index is -0.737. The zero-order chi connectivity index (χ0) is 21.5. The predicted octanol–water partition coefficient (Wildman–Crippen LogP) is 3.07. The summed E-state index contributed by atoms with van der Waals surface area (Å²) in [6, 6.07) is 6.61. The molecule has 1 saturated heterocycles. The fourth-order valence-electron chi connectivity index (χ4n) is 3.60. The zero-order valence-electron chi connectivity index (χ0n) is 17.3. The second kappa shape index (κ2) is 10.2. The first kappa shape index (κ1) is 21.8. The van der Waals surface area contributed by atoms with E-state index in [0.717, 1.165) is 18.2 Å². The van der Waals surface area contributed by atoms with E-state index in [9.17, 15) is 14.4 Å². The van der Waals surface area contributed by atoms with Crippen molar-refractivity contribution in [2.45, 2.75) is 45.8 Å². The number of hydrogen-bond acceptors (Lipinski definition) is 7. The molecular weight excluding hydrogens is 390 g/mol. The van der Waals surface area contributed by atoms with E-state index in [1.54, 1.807) is 19.1 Å². The number of fused-ring (bicyclic) bond motifs is 1. The van der Waals surface area contributed by atoms with E-state index in [0.29, 0.717) is 30.7 Å². The van der Waals surface area contributed by atoms with Gasteiger partial charge in [0.25, 0.3) is 5.91 Å². The average Bonchev–Trinajstić information content (AvgIpc) is 3.14. The van der Waals surface area contributed by atoms with Crippen molar-refractivity contribution in [3.8, 4) is 0 Å². The third kappa shape index (κ3) is 4.81. The molecule has 0 bridgehead atoms. The van der Waals surface area contributed by atoms with Gasteiger partial charge >= 0.3 is 11.9 Å². The molecule has 1 aromatic heterocycles. The van der Waals surface area contributed by atoms with Crippen molar-refractivity contribution in [2.24, 2.45) is 0 Å². The molecule has 0 radical (unpaired) electrons. The lowest BCUT2D eigenvalue weighted by atomic mass is 10.0. The average molecular weight is 417 g/mol. The quantitative estimate of drug-likeness (QED) is 0.609. The molecule has 3 rings (SSSR count). The van der Waals surface area contributed by atoms with E-state index in [4.69, 9.17) is 18.6 Å². The van der Waals surface area contributed by atoms with Crippen LogP contribution in [0.25, 0.3) is 11.0 Å². The summed E-state index contributed by atoms with van der Waals surface area (Å²) in [5, 5.41) is 0.766. The van der Waals surface area contributed by atoms with E-state index in [1.807, 2.05) is 19.1 Å². The molecule has 1 aliphatic rings. The lowest BCUT2D eigenvalue weighted by Crippen LogP contribution is -2.50. The topological polar surface area (TPSA) is 95.3 Å². The smallest absolute Gasteiger partial charge is 0.375 e. The van der Waals surface area contributed by atoms with Crippen LogP contribution in [0.1, 0.15) is 49.2 Å². The van der Waals surface area contributed by atoms with E-state index >= 15 is 0 Å². The van der Waals surface area contributed by atoms with Crippen molar-refractivity contribution in [3.63, 3.8) is 0 Å². The van der Waals surface area contributed by atoms with Crippen LogP contribution in [0.2, 0.25) is 0 Å². The molecule has 2 heterocycles. The van der Waals surface area contributed by atoms with Crippen molar-refractivity contribution in [1.29, 1.82) is 0 Å². The third-order valence-corrected chi connectivity index (χ3v) is 5.04. The molecule has 1 atom stereocenters. The highest BCUT2D eigenvalue weighted by molar-refractivity contribution is 5.97. The van der Waals surface area contributed by atoms with Gasteiger partial charge in [0.15, 0.2) is 6.61 Å². The van der Waals surface area contributed by atoms with Crippen molar-refractivity contribution < 1.29 is 33.0 Å². The van der Waals surface area contributed by atoms with Crippen molar-refractivity contribution in [3.05, 3.63) is 35.6 Å².